The predicted octanol–water partition coefficient (Wildman–Crippen LogP) is 4.51. The molecule has 40 heavy (non-hydrogen) atoms. The average molecular weight is 568 g/mol. The number of benzene rings is 3. The highest BCUT2D eigenvalue weighted by Gasteiger charge is 2.33. The molecule has 1 aliphatic rings. The molecule has 1 N–H and O–H groups in total. The molecule has 3 aromatic rings. The number of sulfonamides is 1. The van der Waals surface area contributed by atoms with E-state index in [9.17, 15) is 22.4 Å². The van der Waals surface area contributed by atoms with Crippen LogP contribution >= 0.6 is 0 Å². The number of methoxy groups -OCH3 is 1. The second-order valence-corrected chi connectivity index (χ2v) is 11.7. The molecule has 8 nitrogen and oxygen atoms in total. The van der Waals surface area contributed by atoms with Crippen LogP contribution in [0.15, 0.2) is 83.8 Å². The van der Waals surface area contributed by atoms with Crippen LogP contribution in [0.2, 0.25) is 0 Å². The molecule has 1 unspecified atom stereocenters. The minimum absolute atomic E-state index is 0.00158. The Bertz CT molecular complexity index is 1430. The first-order chi connectivity index (χ1) is 19.2. The van der Waals surface area contributed by atoms with Crippen LogP contribution in [0.1, 0.15) is 38.2 Å². The van der Waals surface area contributed by atoms with Crippen LogP contribution in [0.4, 0.5) is 10.1 Å². The van der Waals surface area contributed by atoms with Crippen LogP contribution in [0.5, 0.6) is 5.75 Å². The van der Waals surface area contributed by atoms with Gasteiger partial charge in [0.2, 0.25) is 11.8 Å². The molecule has 1 saturated carbocycles. The maximum atomic E-state index is 14.7. The van der Waals surface area contributed by atoms with Gasteiger partial charge in [-0.25, -0.2) is 12.8 Å². The maximum Gasteiger partial charge on any atom is 0.264 e. The van der Waals surface area contributed by atoms with Crippen molar-refractivity contribution < 1.29 is 27.1 Å². The SMILES string of the molecule is COc1cccc(N(CC(=O)N(Cc2ccccc2F)C(C)C(=O)NC2CCCC2)S(=O)(=O)c2ccccc2)c1. The highest BCUT2D eigenvalue weighted by atomic mass is 32.2. The van der Waals surface area contributed by atoms with Crippen LogP contribution in [-0.2, 0) is 26.2 Å². The Balaban J connectivity index is 1.70. The summed E-state index contributed by atoms with van der Waals surface area (Å²) in [6.45, 7) is 0.757. The average Bonchev–Trinajstić information content (AvgIpc) is 3.48. The molecule has 2 amide bonds. The van der Waals surface area contributed by atoms with Crippen molar-refractivity contribution >= 4 is 27.5 Å². The largest absolute Gasteiger partial charge is 0.497 e. The molecule has 4 rings (SSSR count). The number of carbonyl (C=O) groups is 2. The number of nitrogens with zero attached hydrogens (tertiary/aromatic N) is 2. The molecular weight excluding hydrogens is 533 g/mol. The molecular formula is C30H34FN3O5S. The molecule has 0 bridgehead atoms. The third kappa shape index (κ3) is 6.80. The lowest BCUT2D eigenvalue weighted by atomic mass is 10.1. The van der Waals surface area contributed by atoms with Gasteiger partial charge < -0.3 is 15.0 Å². The van der Waals surface area contributed by atoms with E-state index in [1.54, 1.807) is 49.4 Å². The second-order valence-electron chi connectivity index (χ2n) is 9.81. The van der Waals surface area contributed by atoms with Crippen LogP contribution in [0.25, 0.3) is 0 Å². The zero-order chi connectivity index (χ0) is 28.7. The molecule has 0 spiro atoms. The van der Waals surface area contributed by atoms with E-state index in [4.69, 9.17) is 4.74 Å². The summed E-state index contributed by atoms with van der Waals surface area (Å²) in [7, 11) is -2.74. The molecule has 1 aliphatic carbocycles. The van der Waals surface area contributed by atoms with E-state index >= 15 is 0 Å². The van der Waals surface area contributed by atoms with E-state index in [0.717, 1.165) is 30.0 Å². The first-order valence-electron chi connectivity index (χ1n) is 13.3. The fourth-order valence-corrected chi connectivity index (χ4v) is 6.23. The van der Waals surface area contributed by atoms with E-state index in [2.05, 4.69) is 5.32 Å². The van der Waals surface area contributed by atoms with E-state index in [1.165, 1.54) is 48.4 Å². The van der Waals surface area contributed by atoms with Gasteiger partial charge in [-0.1, -0.05) is 55.3 Å². The summed E-state index contributed by atoms with van der Waals surface area (Å²) in [6.07, 6.45) is 3.76. The quantitative estimate of drug-likeness (QED) is 0.368. The topological polar surface area (TPSA) is 96.0 Å². The molecule has 3 aromatic carbocycles. The van der Waals surface area contributed by atoms with Gasteiger partial charge in [-0.2, -0.15) is 0 Å². The summed E-state index contributed by atoms with van der Waals surface area (Å²) in [5.41, 5.74) is 0.431. The summed E-state index contributed by atoms with van der Waals surface area (Å²) < 4.78 is 48.6. The molecule has 212 valence electrons. The smallest absolute Gasteiger partial charge is 0.264 e. The van der Waals surface area contributed by atoms with Gasteiger partial charge in [0.15, 0.2) is 0 Å². The van der Waals surface area contributed by atoms with Crippen molar-refractivity contribution in [3.63, 3.8) is 0 Å². The summed E-state index contributed by atoms with van der Waals surface area (Å²) in [4.78, 5) is 28.4. The monoisotopic (exact) mass is 567 g/mol. The van der Waals surface area contributed by atoms with E-state index < -0.39 is 34.3 Å². The molecule has 0 heterocycles. The lowest BCUT2D eigenvalue weighted by Crippen LogP contribution is -2.52. The van der Waals surface area contributed by atoms with E-state index in [-0.39, 0.29) is 34.6 Å². The Labute approximate surface area is 234 Å². The predicted molar refractivity (Wildman–Crippen MR) is 151 cm³/mol. The number of hydrogen-bond donors (Lipinski definition) is 1. The van der Waals surface area contributed by atoms with Gasteiger partial charge in [-0.15, -0.1) is 0 Å². The zero-order valence-electron chi connectivity index (χ0n) is 22.6. The number of ether oxygens (including phenoxy) is 1. The van der Waals surface area contributed by atoms with Crippen molar-refractivity contribution in [1.82, 2.24) is 10.2 Å². The van der Waals surface area contributed by atoms with Gasteiger partial charge >= 0.3 is 0 Å². The fraction of sp³-hybridized carbons (Fsp3) is 0.333. The van der Waals surface area contributed by atoms with Gasteiger partial charge in [0.05, 0.1) is 17.7 Å². The van der Waals surface area contributed by atoms with Gasteiger partial charge in [0, 0.05) is 24.2 Å². The number of rotatable bonds is 11. The van der Waals surface area contributed by atoms with Crippen LogP contribution in [-0.4, -0.2) is 50.9 Å². The third-order valence-electron chi connectivity index (χ3n) is 7.12. The molecule has 0 saturated heterocycles. The fourth-order valence-electron chi connectivity index (χ4n) is 4.80. The van der Waals surface area contributed by atoms with Gasteiger partial charge in [0.1, 0.15) is 24.2 Å². The minimum Gasteiger partial charge on any atom is -0.497 e. The highest BCUT2D eigenvalue weighted by Crippen LogP contribution is 2.28. The number of nitrogens with one attached hydrogen (secondary N) is 1. The first kappa shape index (κ1) is 29.1. The first-order valence-corrected chi connectivity index (χ1v) is 14.7. The molecule has 10 heteroatoms. The van der Waals surface area contributed by atoms with Gasteiger partial charge in [0.25, 0.3) is 10.0 Å². The Morgan fingerprint density at radius 2 is 1.68 bits per heavy atom. The number of hydrogen-bond acceptors (Lipinski definition) is 5. The molecule has 1 atom stereocenters. The van der Waals surface area contributed by atoms with Crippen molar-refractivity contribution in [3.8, 4) is 5.75 Å². The highest BCUT2D eigenvalue weighted by molar-refractivity contribution is 7.92. The van der Waals surface area contributed by atoms with Gasteiger partial charge in [-0.05, 0) is 50.1 Å². The van der Waals surface area contributed by atoms with Crippen LogP contribution in [0, 0.1) is 5.82 Å². The number of carbonyl (C=O) groups excluding carboxylic acids is 2. The van der Waals surface area contributed by atoms with Crippen molar-refractivity contribution in [2.75, 3.05) is 18.0 Å². The third-order valence-corrected chi connectivity index (χ3v) is 8.91. The number of halogens is 1. The normalized spacial score (nSPS) is 14.4. The summed E-state index contributed by atoms with van der Waals surface area (Å²) in [5, 5.41) is 3.00. The van der Waals surface area contributed by atoms with Crippen LogP contribution < -0.4 is 14.4 Å². The standard InChI is InChI=1S/C30H34FN3O5S/c1-22(30(36)32-24-12-7-8-13-24)33(20-23-11-6-9-18-28(23)31)29(35)21-34(25-14-10-15-26(19-25)39-2)40(37,38)27-16-4-3-5-17-27/h3-6,9-11,14-19,22,24H,7-8,12-13,20-21H2,1-2H3,(H,32,36). The Hall–Kier alpha value is -3.92. The Kier molecular flexibility index (Phi) is 9.42. The summed E-state index contributed by atoms with van der Waals surface area (Å²) in [5.74, 6) is -1.13. The summed E-state index contributed by atoms with van der Waals surface area (Å²) >= 11 is 0. The lowest BCUT2D eigenvalue weighted by Gasteiger charge is -2.32. The number of amides is 2. The van der Waals surface area contributed by atoms with E-state index in [1.807, 2.05) is 0 Å². The van der Waals surface area contributed by atoms with Crippen LogP contribution in [0.3, 0.4) is 0 Å². The summed E-state index contributed by atoms with van der Waals surface area (Å²) in [6, 6.07) is 19.2. The van der Waals surface area contributed by atoms with Crippen molar-refractivity contribution in [2.24, 2.45) is 0 Å². The zero-order valence-corrected chi connectivity index (χ0v) is 23.4. The second kappa shape index (κ2) is 13.0. The Morgan fingerprint density at radius 1 is 1.00 bits per heavy atom. The van der Waals surface area contributed by atoms with Crippen molar-refractivity contribution in [1.29, 1.82) is 0 Å². The molecule has 0 radical (unpaired) electrons. The molecule has 0 aromatic heterocycles. The van der Waals surface area contributed by atoms with Gasteiger partial charge in [-0.3, -0.25) is 13.9 Å². The van der Waals surface area contributed by atoms with Crippen molar-refractivity contribution in [2.45, 2.75) is 56.1 Å². The molecule has 1 fully saturated rings. The molecule has 0 aliphatic heterocycles. The Morgan fingerprint density at radius 3 is 2.35 bits per heavy atom. The lowest BCUT2D eigenvalue weighted by molar-refractivity contribution is -0.139. The van der Waals surface area contributed by atoms with E-state index in [0.29, 0.717) is 5.75 Å². The minimum atomic E-state index is -4.20. The number of anilines is 1. The maximum absolute atomic E-state index is 14.7. The van der Waals surface area contributed by atoms with Crippen molar-refractivity contribution in [3.05, 3.63) is 90.2 Å².